The van der Waals surface area contributed by atoms with E-state index in [1.807, 2.05) is 0 Å². The van der Waals surface area contributed by atoms with Gasteiger partial charge in [-0.25, -0.2) is 4.79 Å². The molecule has 2 rings (SSSR count). The predicted octanol–water partition coefficient (Wildman–Crippen LogP) is -0.423. The van der Waals surface area contributed by atoms with Gasteiger partial charge in [-0.05, 0) is 13.3 Å². The zero-order valence-electron chi connectivity index (χ0n) is 14.6. The number of aromatic nitrogens is 2. The molecule has 0 spiro atoms. The molecule has 3 N–H and O–H groups in total. The Balaban J connectivity index is 2.12. The number of alkyl halides is 3. The fourth-order valence-corrected chi connectivity index (χ4v) is 2.69. The Morgan fingerprint density at radius 3 is 2.70 bits per heavy atom. The third-order valence-electron chi connectivity index (χ3n) is 4.09. The molecule has 1 aliphatic heterocycles. The number of aliphatic hydroxyl groups excluding tert-OH is 1. The van der Waals surface area contributed by atoms with Crippen molar-refractivity contribution in [2.75, 3.05) is 13.2 Å². The third-order valence-corrected chi connectivity index (χ3v) is 4.09. The minimum Gasteiger partial charge on any atom is -0.388 e. The molecule has 0 aromatic carbocycles. The van der Waals surface area contributed by atoms with Gasteiger partial charge in [-0.3, -0.25) is 19.1 Å². The van der Waals surface area contributed by atoms with Crippen molar-refractivity contribution in [3.63, 3.8) is 0 Å². The van der Waals surface area contributed by atoms with Crippen LogP contribution in [0.2, 0.25) is 0 Å². The molecule has 9 nitrogen and oxygen atoms in total. The lowest BCUT2D eigenvalue weighted by Gasteiger charge is -2.22. The molecular formula is C15H20F3N3O6. The van der Waals surface area contributed by atoms with Crippen molar-refractivity contribution in [3.8, 4) is 0 Å². The summed E-state index contributed by atoms with van der Waals surface area (Å²) in [5.41, 5.74) is -1.13. The largest absolute Gasteiger partial charge is 0.471 e. The second-order valence-electron chi connectivity index (χ2n) is 6.03. The second-order valence-corrected chi connectivity index (χ2v) is 6.03. The number of hydrogen-bond acceptors (Lipinski definition) is 6. The van der Waals surface area contributed by atoms with Gasteiger partial charge in [0.1, 0.15) is 12.2 Å². The molecule has 1 aliphatic rings. The number of nitrogens with zero attached hydrogens (tertiary/aromatic N) is 1. The van der Waals surface area contributed by atoms with Crippen LogP contribution >= 0.6 is 0 Å². The van der Waals surface area contributed by atoms with E-state index in [2.05, 4.69) is 4.98 Å². The molecule has 1 amide bonds. The van der Waals surface area contributed by atoms with E-state index in [0.29, 0.717) is 6.42 Å². The molecule has 2 heterocycles. The predicted molar refractivity (Wildman–Crippen MR) is 85.1 cm³/mol. The van der Waals surface area contributed by atoms with Crippen LogP contribution in [0.1, 0.15) is 25.1 Å². The first-order valence-electron chi connectivity index (χ1n) is 8.18. The van der Waals surface area contributed by atoms with Crippen LogP contribution in [0.3, 0.4) is 0 Å². The first-order chi connectivity index (χ1) is 12.6. The van der Waals surface area contributed by atoms with E-state index >= 15 is 0 Å². The summed E-state index contributed by atoms with van der Waals surface area (Å²) in [6, 6.07) is 0. The van der Waals surface area contributed by atoms with Crippen molar-refractivity contribution in [2.45, 2.75) is 51.0 Å². The fourth-order valence-electron chi connectivity index (χ4n) is 2.69. The number of aryl methyl sites for hydroxylation is 1. The maximum atomic E-state index is 12.2. The highest BCUT2D eigenvalue weighted by Crippen LogP contribution is 2.32. The first-order valence-corrected chi connectivity index (χ1v) is 8.18. The zero-order chi connectivity index (χ0) is 20.4. The number of nitrogens with one attached hydrogen (secondary N) is 2. The lowest BCUT2D eigenvalue weighted by atomic mass is 10.1. The van der Waals surface area contributed by atoms with Gasteiger partial charge in [-0.1, -0.05) is 6.92 Å². The van der Waals surface area contributed by atoms with Gasteiger partial charge in [0.25, 0.3) is 5.56 Å². The average molecular weight is 395 g/mol. The third kappa shape index (κ3) is 4.76. The Morgan fingerprint density at radius 2 is 2.11 bits per heavy atom. The van der Waals surface area contributed by atoms with Crippen LogP contribution in [0.15, 0.2) is 15.8 Å². The highest BCUT2D eigenvalue weighted by atomic mass is 19.4. The van der Waals surface area contributed by atoms with Crippen LogP contribution in [0.5, 0.6) is 0 Å². The van der Waals surface area contributed by atoms with Gasteiger partial charge in [0.2, 0.25) is 0 Å². The Morgan fingerprint density at radius 1 is 1.44 bits per heavy atom. The SMILES string of the molecule is CC[C@H]1O[C@@H](n2cc(C)c(=O)[nH]c2=O)C(OCCNC(=O)C(F)(F)F)[C@H]1O. The van der Waals surface area contributed by atoms with Gasteiger partial charge in [0, 0.05) is 18.3 Å². The molecule has 152 valence electrons. The van der Waals surface area contributed by atoms with E-state index in [1.165, 1.54) is 13.1 Å². The average Bonchev–Trinajstić information content (AvgIpc) is 2.89. The van der Waals surface area contributed by atoms with E-state index in [0.717, 1.165) is 4.57 Å². The molecule has 0 saturated carbocycles. The standard InChI is InChI=1S/C15H20F3N3O6/c1-3-8-9(22)10(26-5-4-19-13(24)15(16,17)18)12(27-8)21-6-7(2)11(23)20-14(21)25/h6,8-10,12,22H,3-5H2,1-2H3,(H,19,24)(H,20,23,25)/t8-,9+,10?,12-/m1/s1. The highest BCUT2D eigenvalue weighted by molar-refractivity contribution is 5.81. The van der Waals surface area contributed by atoms with E-state index in [1.54, 1.807) is 12.2 Å². The van der Waals surface area contributed by atoms with Gasteiger partial charge in [0.15, 0.2) is 6.23 Å². The molecule has 12 heteroatoms. The summed E-state index contributed by atoms with van der Waals surface area (Å²) in [5.74, 6) is -2.11. The quantitative estimate of drug-likeness (QED) is 0.562. The van der Waals surface area contributed by atoms with Crippen molar-refractivity contribution in [3.05, 3.63) is 32.6 Å². The van der Waals surface area contributed by atoms with E-state index in [-0.39, 0.29) is 12.2 Å². The summed E-state index contributed by atoms with van der Waals surface area (Å²) in [4.78, 5) is 36.5. The molecule has 0 radical (unpaired) electrons. The number of aromatic amines is 1. The molecule has 0 aliphatic carbocycles. The number of carbonyl (C=O) groups excluding carboxylic acids is 1. The normalized spacial score (nSPS) is 25.6. The van der Waals surface area contributed by atoms with Gasteiger partial charge in [0.05, 0.1) is 12.7 Å². The fraction of sp³-hybridized carbons (Fsp3) is 0.667. The number of hydrogen-bond donors (Lipinski definition) is 3. The van der Waals surface area contributed by atoms with Gasteiger partial charge < -0.3 is 19.9 Å². The maximum absolute atomic E-state index is 12.2. The molecule has 27 heavy (non-hydrogen) atoms. The van der Waals surface area contributed by atoms with Crippen LogP contribution in [0.25, 0.3) is 0 Å². The minimum absolute atomic E-state index is 0.226. The molecule has 1 saturated heterocycles. The van der Waals surface area contributed by atoms with Crippen LogP contribution in [-0.2, 0) is 14.3 Å². The first kappa shape index (κ1) is 21.1. The smallest absolute Gasteiger partial charge is 0.388 e. The Labute approximate surface area is 151 Å². The lowest BCUT2D eigenvalue weighted by molar-refractivity contribution is -0.174. The van der Waals surface area contributed by atoms with Gasteiger partial charge in [-0.15, -0.1) is 0 Å². The van der Waals surface area contributed by atoms with Crippen LogP contribution < -0.4 is 16.6 Å². The molecule has 1 fully saturated rings. The molecule has 1 aromatic heterocycles. The topological polar surface area (TPSA) is 123 Å². The molecule has 0 bridgehead atoms. The number of ether oxygens (including phenoxy) is 2. The van der Waals surface area contributed by atoms with Crippen molar-refractivity contribution in [1.29, 1.82) is 0 Å². The number of amides is 1. The van der Waals surface area contributed by atoms with Crippen molar-refractivity contribution >= 4 is 5.91 Å². The molecule has 4 atom stereocenters. The summed E-state index contributed by atoms with van der Waals surface area (Å²) in [6.07, 6.45) is -7.38. The van der Waals surface area contributed by atoms with Crippen molar-refractivity contribution in [1.82, 2.24) is 14.9 Å². The summed E-state index contributed by atoms with van der Waals surface area (Å²) >= 11 is 0. The van der Waals surface area contributed by atoms with E-state index < -0.39 is 54.4 Å². The second kappa shape index (κ2) is 8.23. The molecule has 1 unspecified atom stereocenters. The Bertz CT molecular complexity index is 790. The monoisotopic (exact) mass is 395 g/mol. The summed E-state index contributed by atoms with van der Waals surface area (Å²) in [5, 5.41) is 12.0. The van der Waals surface area contributed by atoms with Crippen LogP contribution in [0, 0.1) is 6.92 Å². The van der Waals surface area contributed by atoms with Crippen molar-refractivity contribution in [2.24, 2.45) is 0 Å². The summed E-state index contributed by atoms with van der Waals surface area (Å²) < 4.78 is 48.5. The molecular weight excluding hydrogens is 375 g/mol. The van der Waals surface area contributed by atoms with Crippen LogP contribution in [-0.4, -0.2) is 58.2 Å². The number of aliphatic hydroxyl groups is 1. The number of carbonyl (C=O) groups is 1. The number of H-pyrrole nitrogens is 1. The van der Waals surface area contributed by atoms with Crippen LogP contribution in [0.4, 0.5) is 13.2 Å². The maximum Gasteiger partial charge on any atom is 0.471 e. The number of halogens is 3. The number of rotatable bonds is 6. The van der Waals surface area contributed by atoms with Gasteiger partial charge >= 0.3 is 17.8 Å². The molecule has 1 aromatic rings. The Hall–Kier alpha value is -2.18. The van der Waals surface area contributed by atoms with Crippen molar-refractivity contribution < 1.29 is 32.5 Å². The summed E-state index contributed by atoms with van der Waals surface area (Å²) in [6.45, 7) is 2.40. The Kier molecular flexibility index (Phi) is 6.44. The highest BCUT2D eigenvalue weighted by Gasteiger charge is 2.45. The van der Waals surface area contributed by atoms with E-state index in [4.69, 9.17) is 9.47 Å². The zero-order valence-corrected chi connectivity index (χ0v) is 14.6. The minimum atomic E-state index is -5.01. The van der Waals surface area contributed by atoms with Gasteiger partial charge in [-0.2, -0.15) is 13.2 Å². The van der Waals surface area contributed by atoms with E-state index in [9.17, 15) is 32.7 Å². The summed E-state index contributed by atoms with van der Waals surface area (Å²) in [7, 11) is 0. The lowest BCUT2D eigenvalue weighted by Crippen LogP contribution is -2.42.